The third kappa shape index (κ3) is 3.95. The van der Waals surface area contributed by atoms with Crippen molar-refractivity contribution in [2.45, 2.75) is 38.6 Å². The molecule has 2 atom stereocenters. The van der Waals surface area contributed by atoms with Crippen LogP contribution < -0.4 is 14.8 Å². The Morgan fingerprint density at radius 2 is 1.96 bits per heavy atom. The van der Waals surface area contributed by atoms with Gasteiger partial charge in [0, 0.05) is 17.0 Å². The molecule has 1 fully saturated rings. The Bertz CT molecular complexity index is 744. The fourth-order valence-electron chi connectivity index (χ4n) is 3.25. The first-order chi connectivity index (χ1) is 12.1. The maximum atomic E-state index is 12.5. The first kappa shape index (κ1) is 17.7. The summed E-state index contributed by atoms with van der Waals surface area (Å²) in [5.41, 5.74) is 1.39. The molecule has 134 valence electrons. The lowest BCUT2D eigenvalue weighted by Crippen LogP contribution is -2.41. The van der Waals surface area contributed by atoms with Crippen LogP contribution in [0.5, 0.6) is 11.5 Å². The van der Waals surface area contributed by atoms with Gasteiger partial charge in [-0.15, -0.1) is 11.3 Å². The number of nitrogens with zero attached hydrogens (tertiary/aromatic N) is 1. The van der Waals surface area contributed by atoms with Gasteiger partial charge in [0.2, 0.25) is 0 Å². The number of amides is 1. The Kier molecular flexibility index (Phi) is 5.58. The molecule has 2 aromatic rings. The van der Waals surface area contributed by atoms with E-state index < -0.39 is 0 Å². The second-order valence-corrected chi connectivity index (χ2v) is 7.31. The number of thiazole rings is 1. The van der Waals surface area contributed by atoms with Crippen molar-refractivity contribution in [1.82, 2.24) is 10.3 Å². The minimum atomic E-state index is -0.0817. The summed E-state index contributed by atoms with van der Waals surface area (Å²) >= 11 is 1.46. The Balaban J connectivity index is 1.74. The third-order valence-corrected chi connectivity index (χ3v) is 5.69. The summed E-state index contributed by atoms with van der Waals surface area (Å²) in [6.45, 7) is 2.21. The van der Waals surface area contributed by atoms with E-state index in [0.717, 1.165) is 17.0 Å². The number of hydrogen-bond donors (Lipinski definition) is 1. The lowest BCUT2D eigenvalue weighted by Gasteiger charge is -2.29. The second kappa shape index (κ2) is 7.87. The maximum Gasteiger partial charge on any atom is 0.271 e. The molecular formula is C19H24N2O3S. The van der Waals surface area contributed by atoms with Crippen LogP contribution in [-0.2, 0) is 0 Å². The molecule has 5 nitrogen and oxygen atoms in total. The first-order valence-corrected chi connectivity index (χ1v) is 9.49. The summed E-state index contributed by atoms with van der Waals surface area (Å²) in [5.74, 6) is 1.77. The smallest absolute Gasteiger partial charge is 0.271 e. The van der Waals surface area contributed by atoms with Gasteiger partial charge in [-0.2, -0.15) is 0 Å². The van der Waals surface area contributed by atoms with Gasteiger partial charge >= 0.3 is 0 Å². The van der Waals surface area contributed by atoms with Crippen LogP contribution >= 0.6 is 11.3 Å². The van der Waals surface area contributed by atoms with Gasteiger partial charge in [0.25, 0.3) is 5.91 Å². The van der Waals surface area contributed by atoms with Crippen molar-refractivity contribution in [2.24, 2.45) is 5.92 Å². The molecule has 1 heterocycles. The van der Waals surface area contributed by atoms with Crippen molar-refractivity contribution < 1.29 is 14.3 Å². The maximum absolute atomic E-state index is 12.5. The molecule has 1 aliphatic carbocycles. The SMILES string of the molecule is COc1ccc(-c2nc(C(=O)NC3CCCCC3C)cs2)cc1OC. The lowest BCUT2D eigenvalue weighted by atomic mass is 9.86. The molecule has 0 saturated heterocycles. The fraction of sp³-hybridized carbons (Fsp3) is 0.474. The van der Waals surface area contributed by atoms with Gasteiger partial charge in [-0.1, -0.05) is 19.8 Å². The molecule has 0 radical (unpaired) electrons. The summed E-state index contributed by atoms with van der Waals surface area (Å²) in [5, 5.41) is 5.76. The number of carbonyl (C=O) groups excluding carboxylic acids is 1. The van der Waals surface area contributed by atoms with Gasteiger partial charge in [-0.05, 0) is 37.0 Å². The highest BCUT2D eigenvalue weighted by Gasteiger charge is 2.24. The van der Waals surface area contributed by atoms with Crippen molar-refractivity contribution in [3.63, 3.8) is 0 Å². The monoisotopic (exact) mass is 360 g/mol. The number of benzene rings is 1. The Morgan fingerprint density at radius 3 is 2.68 bits per heavy atom. The van der Waals surface area contributed by atoms with Crippen molar-refractivity contribution in [3.05, 3.63) is 29.3 Å². The molecule has 0 aliphatic heterocycles. The van der Waals surface area contributed by atoms with Crippen LogP contribution in [0.4, 0.5) is 0 Å². The third-order valence-electron chi connectivity index (χ3n) is 4.80. The standard InChI is InChI=1S/C19H24N2O3S/c1-12-6-4-5-7-14(12)20-18(22)15-11-25-19(21-15)13-8-9-16(23-2)17(10-13)24-3/h8-12,14H,4-7H2,1-3H3,(H,20,22). The fourth-order valence-corrected chi connectivity index (χ4v) is 4.05. The predicted octanol–water partition coefficient (Wildman–Crippen LogP) is 4.14. The van der Waals surface area contributed by atoms with E-state index in [1.54, 1.807) is 14.2 Å². The van der Waals surface area contributed by atoms with Crippen LogP contribution in [0.1, 0.15) is 43.1 Å². The number of nitrogens with one attached hydrogen (secondary N) is 1. The number of rotatable bonds is 5. The Labute approximate surface area is 152 Å². The van der Waals surface area contributed by atoms with E-state index in [1.165, 1.54) is 30.6 Å². The molecule has 1 aromatic carbocycles. The Hall–Kier alpha value is -2.08. The summed E-state index contributed by atoms with van der Waals surface area (Å²) in [6, 6.07) is 5.90. The van der Waals surface area contributed by atoms with E-state index in [9.17, 15) is 4.79 Å². The van der Waals surface area contributed by atoms with Crippen LogP contribution in [0, 0.1) is 5.92 Å². The molecule has 3 rings (SSSR count). The van der Waals surface area contributed by atoms with E-state index in [4.69, 9.17) is 9.47 Å². The van der Waals surface area contributed by atoms with Gasteiger partial charge in [0.15, 0.2) is 11.5 Å². The average molecular weight is 360 g/mol. The largest absolute Gasteiger partial charge is 0.493 e. The van der Waals surface area contributed by atoms with Crippen molar-refractivity contribution >= 4 is 17.2 Å². The van der Waals surface area contributed by atoms with Gasteiger partial charge < -0.3 is 14.8 Å². The van der Waals surface area contributed by atoms with Crippen LogP contribution in [0.15, 0.2) is 23.6 Å². The minimum absolute atomic E-state index is 0.0817. The van der Waals surface area contributed by atoms with Crippen molar-refractivity contribution in [1.29, 1.82) is 0 Å². The van der Waals surface area contributed by atoms with E-state index in [1.807, 2.05) is 23.6 Å². The predicted molar refractivity (Wildman–Crippen MR) is 99.5 cm³/mol. The van der Waals surface area contributed by atoms with Gasteiger partial charge in [-0.3, -0.25) is 4.79 Å². The molecule has 1 saturated carbocycles. The van der Waals surface area contributed by atoms with Crippen LogP contribution in [0.2, 0.25) is 0 Å². The van der Waals surface area contributed by atoms with Crippen LogP contribution in [-0.4, -0.2) is 31.2 Å². The highest BCUT2D eigenvalue weighted by Crippen LogP contribution is 2.33. The highest BCUT2D eigenvalue weighted by molar-refractivity contribution is 7.13. The average Bonchev–Trinajstić information content (AvgIpc) is 3.13. The van der Waals surface area contributed by atoms with Gasteiger partial charge in [0.05, 0.1) is 14.2 Å². The zero-order valence-corrected chi connectivity index (χ0v) is 15.7. The number of methoxy groups -OCH3 is 2. The minimum Gasteiger partial charge on any atom is -0.493 e. The molecule has 1 aliphatic rings. The van der Waals surface area contributed by atoms with Crippen molar-refractivity contribution in [2.75, 3.05) is 14.2 Å². The topological polar surface area (TPSA) is 60.5 Å². The molecular weight excluding hydrogens is 336 g/mol. The highest BCUT2D eigenvalue weighted by atomic mass is 32.1. The summed E-state index contributed by atoms with van der Waals surface area (Å²) in [6.07, 6.45) is 4.68. The van der Waals surface area contributed by atoms with E-state index in [-0.39, 0.29) is 11.9 Å². The van der Waals surface area contributed by atoms with Gasteiger partial charge in [0.1, 0.15) is 10.7 Å². The number of ether oxygens (including phenoxy) is 2. The molecule has 0 bridgehead atoms. The summed E-state index contributed by atoms with van der Waals surface area (Å²) in [7, 11) is 3.21. The van der Waals surface area contributed by atoms with Gasteiger partial charge in [-0.25, -0.2) is 4.98 Å². The van der Waals surface area contributed by atoms with E-state index in [2.05, 4.69) is 17.2 Å². The number of carbonyl (C=O) groups is 1. The number of aromatic nitrogens is 1. The van der Waals surface area contributed by atoms with Crippen LogP contribution in [0.25, 0.3) is 10.6 Å². The first-order valence-electron chi connectivity index (χ1n) is 8.61. The summed E-state index contributed by atoms with van der Waals surface area (Å²) in [4.78, 5) is 17.0. The van der Waals surface area contributed by atoms with E-state index >= 15 is 0 Å². The molecule has 1 N–H and O–H groups in total. The molecule has 1 aromatic heterocycles. The molecule has 6 heteroatoms. The zero-order valence-electron chi connectivity index (χ0n) is 14.9. The number of hydrogen-bond acceptors (Lipinski definition) is 5. The Morgan fingerprint density at radius 1 is 1.20 bits per heavy atom. The summed E-state index contributed by atoms with van der Waals surface area (Å²) < 4.78 is 10.6. The molecule has 0 spiro atoms. The normalized spacial score (nSPS) is 20.1. The lowest BCUT2D eigenvalue weighted by molar-refractivity contribution is 0.0906. The molecule has 2 unspecified atom stereocenters. The zero-order chi connectivity index (χ0) is 17.8. The molecule has 25 heavy (non-hydrogen) atoms. The van der Waals surface area contributed by atoms with E-state index in [0.29, 0.717) is 23.1 Å². The second-order valence-electron chi connectivity index (χ2n) is 6.45. The van der Waals surface area contributed by atoms with Crippen molar-refractivity contribution in [3.8, 4) is 22.1 Å². The van der Waals surface area contributed by atoms with Crippen LogP contribution in [0.3, 0.4) is 0 Å². The molecule has 1 amide bonds. The quantitative estimate of drug-likeness (QED) is 0.871.